The molecule has 2 nitrogen and oxygen atoms in total. The zero-order chi connectivity index (χ0) is 16.1. The van der Waals surface area contributed by atoms with E-state index in [1.165, 1.54) is 48.9 Å². The highest BCUT2D eigenvalue weighted by molar-refractivity contribution is 5.51. The van der Waals surface area contributed by atoms with Crippen LogP contribution in [0.2, 0.25) is 0 Å². The van der Waals surface area contributed by atoms with Gasteiger partial charge in [0.1, 0.15) is 5.75 Å². The fourth-order valence-electron chi connectivity index (χ4n) is 4.02. The summed E-state index contributed by atoms with van der Waals surface area (Å²) in [6, 6.07) is 17.6. The van der Waals surface area contributed by atoms with Crippen molar-refractivity contribution in [3.05, 3.63) is 59.7 Å². The van der Waals surface area contributed by atoms with Crippen molar-refractivity contribution < 1.29 is 4.74 Å². The van der Waals surface area contributed by atoms with Crippen LogP contribution in [-0.2, 0) is 5.41 Å². The molecular formula is C21H27NO. The molecular weight excluding hydrogens is 282 g/mol. The number of benzene rings is 2. The summed E-state index contributed by atoms with van der Waals surface area (Å²) in [4.78, 5) is 0. The third kappa shape index (κ3) is 3.08. The van der Waals surface area contributed by atoms with Gasteiger partial charge in [0.05, 0.1) is 7.11 Å². The third-order valence-electron chi connectivity index (χ3n) is 5.15. The molecule has 0 unspecified atom stereocenters. The van der Waals surface area contributed by atoms with Gasteiger partial charge in [-0.25, -0.2) is 0 Å². The Morgan fingerprint density at radius 3 is 2.30 bits per heavy atom. The van der Waals surface area contributed by atoms with Gasteiger partial charge >= 0.3 is 0 Å². The van der Waals surface area contributed by atoms with Crippen molar-refractivity contribution >= 4 is 5.69 Å². The van der Waals surface area contributed by atoms with E-state index in [4.69, 9.17) is 4.74 Å². The van der Waals surface area contributed by atoms with Crippen molar-refractivity contribution in [1.29, 1.82) is 0 Å². The minimum absolute atomic E-state index is 0.0929. The van der Waals surface area contributed by atoms with Gasteiger partial charge in [-0.3, -0.25) is 0 Å². The molecule has 1 fully saturated rings. The summed E-state index contributed by atoms with van der Waals surface area (Å²) in [6.07, 6.45) is 6.31. The maximum Gasteiger partial charge on any atom is 0.122 e. The Labute approximate surface area is 139 Å². The quantitative estimate of drug-likeness (QED) is 0.801. The van der Waals surface area contributed by atoms with Crippen LogP contribution in [0.15, 0.2) is 48.5 Å². The Morgan fingerprint density at radius 2 is 1.65 bits per heavy atom. The van der Waals surface area contributed by atoms with Crippen molar-refractivity contribution in [2.75, 3.05) is 19.0 Å². The largest absolute Gasteiger partial charge is 0.496 e. The van der Waals surface area contributed by atoms with Crippen LogP contribution in [0.5, 0.6) is 5.75 Å². The molecule has 122 valence electrons. The summed E-state index contributed by atoms with van der Waals surface area (Å²) in [5.74, 6) is 1.02. The van der Waals surface area contributed by atoms with Gasteiger partial charge in [-0.05, 0) is 43.5 Å². The van der Waals surface area contributed by atoms with Gasteiger partial charge in [-0.15, -0.1) is 0 Å². The summed E-state index contributed by atoms with van der Waals surface area (Å²) < 4.78 is 5.70. The highest BCUT2D eigenvalue weighted by Crippen LogP contribution is 2.48. The summed E-state index contributed by atoms with van der Waals surface area (Å²) in [7, 11) is 1.78. The van der Waals surface area contributed by atoms with Crippen LogP contribution >= 0.6 is 0 Å². The van der Waals surface area contributed by atoms with E-state index < -0.39 is 0 Å². The van der Waals surface area contributed by atoms with Crippen molar-refractivity contribution in [3.8, 4) is 5.75 Å². The Balaban J connectivity index is 2.06. The van der Waals surface area contributed by atoms with Gasteiger partial charge in [0.25, 0.3) is 0 Å². The summed E-state index contributed by atoms with van der Waals surface area (Å²) in [5, 5.41) is 3.39. The molecule has 2 heteroatoms. The lowest BCUT2D eigenvalue weighted by Crippen LogP contribution is -2.31. The number of methoxy groups -OCH3 is 1. The molecule has 2 aromatic carbocycles. The number of nitrogens with one attached hydrogen (secondary N) is 1. The van der Waals surface area contributed by atoms with Gasteiger partial charge in [0.15, 0.2) is 0 Å². The molecule has 0 bridgehead atoms. The van der Waals surface area contributed by atoms with E-state index in [0.717, 1.165) is 12.3 Å². The van der Waals surface area contributed by atoms with Gasteiger partial charge < -0.3 is 10.1 Å². The average Bonchev–Trinajstić information content (AvgIpc) is 2.63. The Bertz CT molecular complexity index is 627. The first kappa shape index (κ1) is 15.9. The molecule has 3 rings (SSSR count). The normalized spacial score (nSPS) is 16.8. The van der Waals surface area contributed by atoms with E-state index in [1.807, 2.05) is 0 Å². The van der Waals surface area contributed by atoms with Crippen molar-refractivity contribution in [2.45, 2.75) is 44.4 Å². The first-order valence-corrected chi connectivity index (χ1v) is 8.78. The van der Waals surface area contributed by atoms with Crippen LogP contribution in [0, 0.1) is 0 Å². The number of para-hydroxylation sites is 1. The lowest BCUT2D eigenvalue weighted by molar-refractivity contribution is 0.326. The molecule has 0 heterocycles. The zero-order valence-electron chi connectivity index (χ0n) is 14.3. The van der Waals surface area contributed by atoms with E-state index >= 15 is 0 Å². The van der Waals surface area contributed by atoms with E-state index in [-0.39, 0.29) is 5.41 Å². The molecule has 0 radical (unpaired) electrons. The van der Waals surface area contributed by atoms with Crippen molar-refractivity contribution in [3.63, 3.8) is 0 Å². The van der Waals surface area contributed by atoms with E-state index in [1.54, 1.807) is 7.11 Å². The van der Waals surface area contributed by atoms with Gasteiger partial charge in [0, 0.05) is 23.2 Å². The molecule has 0 atom stereocenters. The predicted molar refractivity (Wildman–Crippen MR) is 97.5 cm³/mol. The highest BCUT2D eigenvalue weighted by atomic mass is 16.5. The Morgan fingerprint density at radius 1 is 0.957 bits per heavy atom. The fraction of sp³-hybridized carbons (Fsp3) is 0.429. The first-order chi connectivity index (χ1) is 11.3. The molecule has 1 aliphatic rings. The van der Waals surface area contributed by atoms with Gasteiger partial charge in [0.2, 0.25) is 0 Å². The lowest BCUT2D eigenvalue weighted by Gasteiger charge is -2.39. The second kappa shape index (κ2) is 7.08. The third-order valence-corrected chi connectivity index (χ3v) is 5.15. The minimum atomic E-state index is 0.0929. The van der Waals surface area contributed by atoms with Gasteiger partial charge in [-0.2, -0.15) is 0 Å². The number of hydrogen-bond acceptors (Lipinski definition) is 2. The van der Waals surface area contributed by atoms with Crippen LogP contribution in [0.1, 0.15) is 50.2 Å². The van der Waals surface area contributed by atoms with Crippen LogP contribution in [0.25, 0.3) is 0 Å². The minimum Gasteiger partial charge on any atom is -0.496 e. The summed E-state index contributed by atoms with van der Waals surface area (Å²) in [6.45, 7) is 3.09. The molecule has 1 N–H and O–H groups in total. The summed E-state index contributed by atoms with van der Waals surface area (Å²) in [5.41, 5.74) is 4.05. The molecule has 0 spiro atoms. The summed E-state index contributed by atoms with van der Waals surface area (Å²) >= 11 is 0. The number of ether oxygens (including phenoxy) is 1. The molecule has 0 aromatic heterocycles. The number of rotatable bonds is 5. The number of hydrogen-bond donors (Lipinski definition) is 1. The second-order valence-corrected chi connectivity index (χ2v) is 6.45. The van der Waals surface area contributed by atoms with Crippen LogP contribution in [-0.4, -0.2) is 13.7 Å². The second-order valence-electron chi connectivity index (χ2n) is 6.45. The van der Waals surface area contributed by atoms with E-state index in [0.29, 0.717) is 0 Å². The molecule has 23 heavy (non-hydrogen) atoms. The average molecular weight is 309 g/mol. The molecule has 0 aliphatic heterocycles. The maximum atomic E-state index is 5.70. The first-order valence-electron chi connectivity index (χ1n) is 8.78. The topological polar surface area (TPSA) is 21.3 Å². The Hall–Kier alpha value is -1.96. The Kier molecular flexibility index (Phi) is 4.90. The zero-order valence-corrected chi connectivity index (χ0v) is 14.3. The number of anilines is 1. The van der Waals surface area contributed by atoms with E-state index in [9.17, 15) is 0 Å². The molecule has 0 saturated heterocycles. The monoisotopic (exact) mass is 309 g/mol. The SMILES string of the molecule is CCNc1ccc(C2(c3ccccc3OC)CCCCC2)cc1. The standard InChI is InChI=1S/C21H27NO/c1-3-22-18-13-11-17(12-14-18)21(15-7-4-8-16-21)19-9-5-6-10-20(19)23-2/h5-6,9-14,22H,3-4,7-8,15-16H2,1-2H3. The predicted octanol–water partition coefficient (Wildman–Crippen LogP) is 5.38. The van der Waals surface area contributed by atoms with Crippen LogP contribution in [0.3, 0.4) is 0 Å². The van der Waals surface area contributed by atoms with Crippen LogP contribution < -0.4 is 10.1 Å². The van der Waals surface area contributed by atoms with Crippen molar-refractivity contribution in [1.82, 2.24) is 0 Å². The van der Waals surface area contributed by atoms with Gasteiger partial charge in [-0.1, -0.05) is 49.6 Å². The highest BCUT2D eigenvalue weighted by Gasteiger charge is 2.37. The molecule has 2 aromatic rings. The van der Waals surface area contributed by atoms with Crippen molar-refractivity contribution in [2.24, 2.45) is 0 Å². The fourth-order valence-corrected chi connectivity index (χ4v) is 4.02. The molecule has 0 amide bonds. The molecule has 1 aliphatic carbocycles. The van der Waals surface area contributed by atoms with Crippen LogP contribution in [0.4, 0.5) is 5.69 Å². The molecule has 1 saturated carbocycles. The van der Waals surface area contributed by atoms with E-state index in [2.05, 4.69) is 60.8 Å². The lowest BCUT2D eigenvalue weighted by atomic mass is 9.65. The maximum absolute atomic E-state index is 5.70. The smallest absolute Gasteiger partial charge is 0.122 e.